The Morgan fingerprint density at radius 3 is 2.46 bits per heavy atom. The van der Waals surface area contributed by atoms with Crippen LogP contribution in [0.4, 0.5) is 0 Å². The number of benzene rings is 1. The number of nitrogens with one attached hydrogen (secondary N) is 1. The van der Waals surface area contributed by atoms with Crippen molar-refractivity contribution in [3.05, 3.63) is 83.9 Å². The number of nitrogens with zero attached hydrogens (tertiary/aromatic N) is 3. The zero-order chi connectivity index (χ0) is 19.7. The van der Waals surface area contributed by atoms with Gasteiger partial charge < -0.3 is 14.8 Å². The van der Waals surface area contributed by atoms with Gasteiger partial charge in [-0.3, -0.25) is 4.98 Å². The van der Waals surface area contributed by atoms with Gasteiger partial charge in [0.2, 0.25) is 0 Å². The zero-order valence-corrected chi connectivity index (χ0v) is 17.4. The molecule has 0 amide bonds. The molecule has 2 aromatic heterocycles. The predicted octanol–water partition coefficient (Wildman–Crippen LogP) is 4.81. The smallest absolute Gasteiger partial charge is 0.170 e. The Hall–Kier alpha value is -2.66. The Kier molecular flexibility index (Phi) is 5.18. The summed E-state index contributed by atoms with van der Waals surface area (Å²) < 4.78 is 2.34. The van der Waals surface area contributed by atoms with Gasteiger partial charge in [0.1, 0.15) is 0 Å². The lowest BCUT2D eigenvalue weighted by molar-refractivity contribution is 0.280. The highest BCUT2D eigenvalue weighted by Crippen LogP contribution is 2.40. The van der Waals surface area contributed by atoms with Crippen LogP contribution in [0.25, 0.3) is 5.69 Å². The third-order valence-electron chi connectivity index (χ3n) is 5.18. The molecule has 2 atom stereocenters. The molecular formula is C23H26N4S. The first-order chi connectivity index (χ1) is 13.6. The summed E-state index contributed by atoms with van der Waals surface area (Å²) in [6.45, 7) is 7.52. The molecule has 144 valence electrons. The van der Waals surface area contributed by atoms with Gasteiger partial charge in [-0.25, -0.2) is 0 Å². The van der Waals surface area contributed by atoms with E-state index in [1.807, 2.05) is 18.3 Å². The molecule has 3 heterocycles. The van der Waals surface area contributed by atoms with E-state index in [0.717, 1.165) is 17.4 Å². The maximum Gasteiger partial charge on any atom is 0.170 e. The Labute approximate surface area is 172 Å². The summed E-state index contributed by atoms with van der Waals surface area (Å²) >= 11 is 5.76. The maximum absolute atomic E-state index is 5.76. The minimum absolute atomic E-state index is 0.0178. The average Bonchev–Trinajstić information content (AvgIpc) is 3.23. The van der Waals surface area contributed by atoms with Crippen LogP contribution in [-0.4, -0.2) is 26.1 Å². The van der Waals surface area contributed by atoms with Crippen LogP contribution in [0.3, 0.4) is 0 Å². The van der Waals surface area contributed by atoms with Crippen LogP contribution in [0.15, 0.2) is 66.9 Å². The van der Waals surface area contributed by atoms with E-state index in [9.17, 15) is 0 Å². The molecule has 1 aromatic carbocycles. The Morgan fingerprint density at radius 2 is 1.79 bits per heavy atom. The highest BCUT2D eigenvalue weighted by Gasteiger charge is 2.41. The van der Waals surface area contributed by atoms with E-state index in [2.05, 4.69) is 89.1 Å². The second-order valence-electron chi connectivity index (χ2n) is 7.74. The first kappa shape index (κ1) is 18.7. The molecule has 1 aliphatic heterocycles. The highest BCUT2D eigenvalue weighted by atomic mass is 32.1. The van der Waals surface area contributed by atoms with E-state index >= 15 is 0 Å². The van der Waals surface area contributed by atoms with Crippen molar-refractivity contribution in [3.8, 4) is 5.69 Å². The molecule has 0 unspecified atom stereocenters. The first-order valence-corrected chi connectivity index (χ1v) is 10.2. The largest absolute Gasteiger partial charge is 0.352 e. The standard InChI is InChI=1S/C23H26N4S/c1-16(2)15-26-22(21(25-23(26)28)19-11-7-8-14-24-19)20-13-12-17(3)27(20)18-9-5-4-6-10-18/h4-14,16,21-22H,15H2,1-3H3,(H,25,28)/t21-,22+/m1/s1. The van der Waals surface area contributed by atoms with E-state index in [1.54, 1.807) is 0 Å². The number of pyridine rings is 1. The van der Waals surface area contributed by atoms with Crippen molar-refractivity contribution in [1.82, 2.24) is 19.8 Å². The normalized spacial score (nSPS) is 19.3. The van der Waals surface area contributed by atoms with E-state index in [0.29, 0.717) is 5.92 Å². The van der Waals surface area contributed by atoms with E-state index in [-0.39, 0.29) is 12.1 Å². The molecule has 3 aromatic rings. The van der Waals surface area contributed by atoms with Crippen LogP contribution in [-0.2, 0) is 0 Å². The summed E-state index contributed by atoms with van der Waals surface area (Å²) in [4.78, 5) is 6.96. The molecule has 1 saturated heterocycles. The summed E-state index contributed by atoms with van der Waals surface area (Å²) in [6, 6.07) is 21.1. The summed E-state index contributed by atoms with van der Waals surface area (Å²) in [7, 11) is 0. The number of hydrogen-bond acceptors (Lipinski definition) is 2. The molecule has 5 heteroatoms. The lowest BCUT2D eigenvalue weighted by Crippen LogP contribution is -2.33. The fourth-order valence-corrected chi connectivity index (χ4v) is 4.35. The third-order valence-corrected chi connectivity index (χ3v) is 5.54. The molecule has 0 radical (unpaired) electrons. The fraction of sp³-hybridized carbons (Fsp3) is 0.304. The molecule has 4 rings (SSSR count). The monoisotopic (exact) mass is 390 g/mol. The van der Waals surface area contributed by atoms with Crippen molar-refractivity contribution >= 4 is 17.3 Å². The minimum Gasteiger partial charge on any atom is -0.352 e. The van der Waals surface area contributed by atoms with Gasteiger partial charge in [0.15, 0.2) is 5.11 Å². The van der Waals surface area contributed by atoms with Gasteiger partial charge >= 0.3 is 0 Å². The molecule has 1 fully saturated rings. The van der Waals surface area contributed by atoms with Crippen LogP contribution in [0.1, 0.15) is 43.0 Å². The summed E-state index contributed by atoms with van der Waals surface area (Å²) in [5, 5.41) is 4.34. The van der Waals surface area contributed by atoms with Gasteiger partial charge in [0.25, 0.3) is 0 Å². The molecule has 4 nitrogen and oxygen atoms in total. The van der Waals surface area contributed by atoms with Gasteiger partial charge in [-0.2, -0.15) is 0 Å². The topological polar surface area (TPSA) is 33.1 Å². The summed E-state index contributed by atoms with van der Waals surface area (Å²) in [5.41, 5.74) is 4.62. The van der Waals surface area contributed by atoms with Crippen molar-refractivity contribution in [1.29, 1.82) is 0 Å². The van der Waals surface area contributed by atoms with Gasteiger partial charge in [-0.1, -0.05) is 38.1 Å². The van der Waals surface area contributed by atoms with E-state index in [4.69, 9.17) is 12.2 Å². The van der Waals surface area contributed by atoms with Crippen molar-refractivity contribution in [2.45, 2.75) is 32.9 Å². The molecule has 1 N–H and O–H groups in total. The fourth-order valence-electron chi connectivity index (χ4n) is 4.04. The molecule has 0 aliphatic carbocycles. The number of rotatable bonds is 5. The molecular weight excluding hydrogens is 364 g/mol. The number of thiocarbonyl (C=S) groups is 1. The van der Waals surface area contributed by atoms with Gasteiger partial charge in [-0.05, 0) is 61.5 Å². The molecule has 0 spiro atoms. The van der Waals surface area contributed by atoms with Crippen molar-refractivity contribution < 1.29 is 0 Å². The van der Waals surface area contributed by atoms with Crippen LogP contribution < -0.4 is 5.32 Å². The number of aromatic nitrogens is 2. The van der Waals surface area contributed by atoms with E-state index < -0.39 is 0 Å². The zero-order valence-electron chi connectivity index (χ0n) is 16.5. The predicted molar refractivity (Wildman–Crippen MR) is 118 cm³/mol. The summed E-state index contributed by atoms with van der Waals surface area (Å²) in [6.07, 6.45) is 1.85. The van der Waals surface area contributed by atoms with Gasteiger partial charge in [-0.15, -0.1) is 0 Å². The quantitative estimate of drug-likeness (QED) is 0.634. The highest BCUT2D eigenvalue weighted by molar-refractivity contribution is 7.80. The third kappa shape index (κ3) is 3.42. The second-order valence-corrected chi connectivity index (χ2v) is 8.13. The SMILES string of the molecule is Cc1ccc([C@H]2[C@@H](c3ccccn3)NC(=S)N2CC(C)C)n1-c1ccccc1. The van der Waals surface area contributed by atoms with Crippen molar-refractivity contribution in [2.24, 2.45) is 5.92 Å². The lowest BCUT2D eigenvalue weighted by Gasteiger charge is -2.30. The van der Waals surface area contributed by atoms with Gasteiger partial charge in [0.05, 0.1) is 17.8 Å². The van der Waals surface area contributed by atoms with Gasteiger partial charge in [0, 0.05) is 29.8 Å². The second kappa shape index (κ2) is 7.76. The van der Waals surface area contributed by atoms with Crippen molar-refractivity contribution in [2.75, 3.05) is 6.54 Å². The van der Waals surface area contributed by atoms with Crippen LogP contribution >= 0.6 is 12.2 Å². The van der Waals surface area contributed by atoms with Crippen LogP contribution in [0, 0.1) is 12.8 Å². The summed E-state index contributed by atoms with van der Waals surface area (Å²) in [5.74, 6) is 0.506. The molecule has 0 saturated carbocycles. The number of para-hydroxylation sites is 1. The Morgan fingerprint density at radius 1 is 1.04 bits per heavy atom. The Balaban J connectivity index is 1.85. The minimum atomic E-state index is 0.0178. The number of hydrogen-bond donors (Lipinski definition) is 1. The lowest BCUT2D eigenvalue weighted by atomic mass is 10.0. The average molecular weight is 391 g/mol. The van der Waals surface area contributed by atoms with Crippen LogP contribution in [0.5, 0.6) is 0 Å². The van der Waals surface area contributed by atoms with Crippen molar-refractivity contribution in [3.63, 3.8) is 0 Å². The maximum atomic E-state index is 5.76. The first-order valence-electron chi connectivity index (χ1n) is 9.78. The van der Waals surface area contributed by atoms with Crippen LogP contribution in [0.2, 0.25) is 0 Å². The Bertz CT molecular complexity index is 949. The molecule has 28 heavy (non-hydrogen) atoms. The molecule has 0 bridgehead atoms. The number of aryl methyl sites for hydroxylation is 1. The van der Waals surface area contributed by atoms with E-state index in [1.165, 1.54) is 17.1 Å². The molecule has 1 aliphatic rings.